The number of benzene rings is 1. The highest BCUT2D eigenvalue weighted by Crippen LogP contribution is 2.18. The molecule has 0 bridgehead atoms. The van der Waals surface area contributed by atoms with Gasteiger partial charge < -0.3 is 5.73 Å². The van der Waals surface area contributed by atoms with E-state index in [0.717, 1.165) is 5.56 Å². The molecule has 1 unspecified atom stereocenters. The van der Waals surface area contributed by atoms with Gasteiger partial charge in [-0.15, -0.1) is 0 Å². The van der Waals surface area contributed by atoms with Gasteiger partial charge in [-0.2, -0.15) is 0 Å². The Kier molecular flexibility index (Phi) is 3.94. The molecule has 0 aliphatic carbocycles. The zero-order chi connectivity index (χ0) is 12.3. The van der Waals surface area contributed by atoms with Crippen LogP contribution in [0.4, 0.5) is 0 Å². The highest BCUT2D eigenvalue weighted by atomic mass is 35.5. The monoisotopic (exact) mass is 240 g/mol. The zero-order valence-electron chi connectivity index (χ0n) is 9.75. The van der Waals surface area contributed by atoms with Crippen molar-refractivity contribution in [2.45, 2.75) is 32.4 Å². The van der Waals surface area contributed by atoms with E-state index < -0.39 is 5.54 Å². The first-order valence-electron chi connectivity index (χ1n) is 5.16. The van der Waals surface area contributed by atoms with Crippen LogP contribution >= 0.6 is 11.6 Å². The van der Waals surface area contributed by atoms with E-state index in [1.807, 2.05) is 31.2 Å². The number of hydrogen-bond donors (Lipinski definition) is 2. The fourth-order valence-corrected chi connectivity index (χ4v) is 1.57. The van der Waals surface area contributed by atoms with Gasteiger partial charge in [-0.05, 0) is 38.5 Å². The summed E-state index contributed by atoms with van der Waals surface area (Å²) in [6, 6.07) is 7.55. The van der Waals surface area contributed by atoms with Crippen LogP contribution < -0.4 is 11.1 Å². The molecule has 0 aliphatic rings. The summed E-state index contributed by atoms with van der Waals surface area (Å²) in [7, 11) is 0. The van der Waals surface area contributed by atoms with Crippen molar-refractivity contribution in [2.75, 3.05) is 0 Å². The molecule has 0 aliphatic heterocycles. The third kappa shape index (κ3) is 3.22. The summed E-state index contributed by atoms with van der Waals surface area (Å²) in [6.07, 6.45) is 0. The van der Waals surface area contributed by atoms with Crippen LogP contribution in [0.5, 0.6) is 0 Å². The van der Waals surface area contributed by atoms with E-state index >= 15 is 0 Å². The van der Waals surface area contributed by atoms with Crippen molar-refractivity contribution < 1.29 is 4.79 Å². The van der Waals surface area contributed by atoms with Crippen LogP contribution in [-0.2, 0) is 4.79 Å². The fourth-order valence-electron chi connectivity index (χ4n) is 1.45. The van der Waals surface area contributed by atoms with Crippen molar-refractivity contribution in [3.05, 3.63) is 34.9 Å². The number of carbonyl (C=O) groups excluding carboxylic acids is 1. The third-order valence-corrected chi connectivity index (χ3v) is 2.82. The summed E-state index contributed by atoms with van der Waals surface area (Å²) in [5, 5.41) is 3.87. The Bertz CT molecular complexity index is 373. The van der Waals surface area contributed by atoms with Gasteiger partial charge in [-0.3, -0.25) is 10.1 Å². The summed E-state index contributed by atoms with van der Waals surface area (Å²) < 4.78 is 0. The van der Waals surface area contributed by atoms with Crippen LogP contribution in [0.1, 0.15) is 32.4 Å². The van der Waals surface area contributed by atoms with E-state index in [0.29, 0.717) is 5.02 Å². The third-order valence-electron chi connectivity index (χ3n) is 2.56. The van der Waals surface area contributed by atoms with Crippen molar-refractivity contribution in [2.24, 2.45) is 5.73 Å². The van der Waals surface area contributed by atoms with Crippen molar-refractivity contribution in [3.8, 4) is 0 Å². The first-order valence-corrected chi connectivity index (χ1v) is 5.54. The SMILES string of the molecule is CC(NC(C)(C)C(N)=O)c1ccc(Cl)cc1. The van der Waals surface area contributed by atoms with Gasteiger partial charge >= 0.3 is 0 Å². The van der Waals surface area contributed by atoms with E-state index in [-0.39, 0.29) is 11.9 Å². The number of hydrogen-bond acceptors (Lipinski definition) is 2. The maximum atomic E-state index is 11.2. The van der Waals surface area contributed by atoms with Crippen LogP contribution in [0.15, 0.2) is 24.3 Å². The van der Waals surface area contributed by atoms with Gasteiger partial charge in [0.2, 0.25) is 5.91 Å². The number of nitrogens with one attached hydrogen (secondary N) is 1. The molecule has 16 heavy (non-hydrogen) atoms. The molecule has 3 nitrogen and oxygen atoms in total. The van der Waals surface area contributed by atoms with E-state index in [1.54, 1.807) is 13.8 Å². The number of primary amides is 1. The lowest BCUT2D eigenvalue weighted by atomic mass is 10.0. The van der Waals surface area contributed by atoms with Crippen molar-refractivity contribution in [1.29, 1.82) is 0 Å². The summed E-state index contributed by atoms with van der Waals surface area (Å²) in [6.45, 7) is 5.51. The van der Waals surface area contributed by atoms with Gasteiger partial charge in [0.15, 0.2) is 0 Å². The largest absolute Gasteiger partial charge is 0.368 e. The van der Waals surface area contributed by atoms with E-state index in [9.17, 15) is 4.79 Å². The number of carbonyl (C=O) groups is 1. The first kappa shape index (κ1) is 13.0. The quantitative estimate of drug-likeness (QED) is 0.848. The number of rotatable bonds is 4. The van der Waals surface area contributed by atoms with E-state index in [2.05, 4.69) is 5.32 Å². The molecule has 0 heterocycles. The lowest BCUT2D eigenvalue weighted by Crippen LogP contribution is -2.51. The molecule has 0 radical (unpaired) electrons. The second kappa shape index (κ2) is 4.85. The summed E-state index contributed by atoms with van der Waals surface area (Å²) in [5.41, 5.74) is 5.64. The smallest absolute Gasteiger partial charge is 0.237 e. The Morgan fingerprint density at radius 1 is 1.38 bits per heavy atom. The molecular formula is C12H17ClN2O. The normalized spacial score (nSPS) is 13.5. The van der Waals surface area contributed by atoms with Gasteiger partial charge in [0.1, 0.15) is 0 Å². The van der Waals surface area contributed by atoms with Gasteiger partial charge in [-0.25, -0.2) is 0 Å². The molecule has 4 heteroatoms. The zero-order valence-corrected chi connectivity index (χ0v) is 10.5. The van der Waals surface area contributed by atoms with Crippen molar-refractivity contribution in [3.63, 3.8) is 0 Å². The topological polar surface area (TPSA) is 55.1 Å². The second-order valence-corrected chi connectivity index (χ2v) is 4.84. The molecule has 1 atom stereocenters. The summed E-state index contributed by atoms with van der Waals surface area (Å²) >= 11 is 5.81. The molecule has 1 aromatic rings. The molecular weight excluding hydrogens is 224 g/mol. The molecule has 0 saturated carbocycles. The number of amides is 1. The maximum Gasteiger partial charge on any atom is 0.237 e. The maximum absolute atomic E-state index is 11.2. The average Bonchev–Trinajstić information content (AvgIpc) is 2.17. The van der Waals surface area contributed by atoms with Crippen LogP contribution in [0.25, 0.3) is 0 Å². The Balaban J connectivity index is 2.76. The predicted molar refractivity (Wildman–Crippen MR) is 66.3 cm³/mol. The minimum Gasteiger partial charge on any atom is -0.368 e. The average molecular weight is 241 g/mol. The van der Waals surface area contributed by atoms with Crippen LogP contribution in [0, 0.1) is 0 Å². The Morgan fingerprint density at radius 2 is 1.88 bits per heavy atom. The summed E-state index contributed by atoms with van der Waals surface area (Å²) in [5.74, 6) is -0.367. The Labute approximate surface area is 101 Å². The highest BCUT2D eigenvalue weighted by Gasteiger charge is 2.26. The van der Waals surface area contributed by atoms with Gasteiger partial charge in [0, 0.05) is 11.1 Å². The minimum absolute atomic E-state index is 0.0415. The van der Waals surface area contributed by atoms with Crippen molar-refractivity contribution >= 4 is 17.5 Å². The second-order valence-electron chi connectivity index (χ2n) is 4.41. The molecule has 0 spiro atoms. The molecule has 1 aromatic carbocycles. The molecule has 3 N–H and O–H groups in total. The lowest BCUT2D eigenvalue weighted by molar-refractivity contribution is -0.123. The van der Waals surface area contributed by atoms with E-state index in [4.69, 9.17) is 17.3 Å². The standard InChI is InChI=1S/C12H17ClN2O/c1-8(15-12(2,3)11(14)16)9-4-6-10(13)7-5-9/h4-8,15H,1-3H3,(H2,14,16). The van der Waals surface area contributed by atoms with Crippen LogP contribution in [0.3, 0.4) is 0 Å². The molecule has 88 valence electrons. The molecule has 1 amide bonds. The number of halogens is 1. The van der Waals surface area contributed by atoms with Gasteiger partial charge in [-0.1, -0.05) is 23.7 Å². The van der Waals surface area contributed by atoms with E-state index in [1.165, 1.54) is 0 Å². The Hall–Kier alpha value is -1.06. The number of nitrogens with two attached hydrogens (primary N) is 1. The lowest BCUT2D eigenvalue weighted by Gasteiger charge is -2.27. The predicted octanol–water partition coefficient (Wildman–Crippen LogP) is 2.25. The minimum atomic E-state index is -0.723. The Morgan fingerprint density at radius 3 is 2.31 bits per heavy atom. The first-order chi connectivity index (χ1) is 7.33. The van der Waals surface area contributed by atoms with Gasteiger partial charge in [0.05, 0.1) is 5.54 Å². The molecule has 0 saturated heterocycles. The van der Waals surface area contributed by atoms with Gasteiger partial charge in [0.25, 0.3) is 0 Å². The fraction of sp³-hybridized carbons (Fsp3) is 0.417. The van der Waals surface area contributed by atoms with Crippen LogP contribution in [0.2, 0.25) is 5.02 Å². The highest BCUT2D eigenvalue weighted by molar-refractivity contribution is 6.30. The summed E-state index contributed by atoms with van der Waals surface area (Å²) in [4.78, 5) is 11.2. The molecule has 0 aromatic heterocycles. The van der Waals surface area contributed by atoms with Crippen molar-refractivity contribution in [1.82, 2.24) is 5.32 Å². The van der Waals surface area contributed by atoms with Crippen LogP contribution in [-0.4, -0.2) is 11.4 Å². The molecule has 1 rings (SSSR count). The molecule has 0 fully saturated rings.